The quantitative estimate of drug-likeness (QED) is 0.467. The van der Waals surface area contributed by atoms with E-state index >= 15 is 0 Å². The van der Waals surface area contributed by atoms with Gasteiger partial charge in [-0.15, -0.1) is 13.2 Å². The molecule has 0 unspecified atom stereocenters. The summed E-state index contributed by atoms with van der Waals surface area (Å²) in [5.74, 6) is 0. The van der Waals surface area contributed by atoms with E-state index < -0.39 is 13.7 Å². The van der Waals surface area contributed by atoms with Crippen LogP contribution >= 0.6 is 0 Å². The van der Waals surface area contributed by atoms with E-state index in [1.165, 1.54) is 0 Å². The van der Waals surface area contributed by atoms with Crippen molar-refractivity contribution in [3.8, 4) is 0 Å². The maximum Gasteiger partial charge on any atom is 0.711 e. The molecule has 0 amide bonds. The van der Waals surface area contributed by atoms with E-state index in [4.69, 9.17) is 0 Å². The van der Waals surface area contributed by atoms with Crippen molar-refractivity contribution in [2.45, 2.75) is 6.36 Å². The molecule has 0 heterocycles. The van der Waals surface area contributed by atoms with E-state index in [0.717, 1.165) is 0 Å². The van der Waals surface area contributed by atoms with Crippen molar-refractivity contribution in [2.75, 3.05) is 0 Å². The third-order valence-corrected chi connectivity index (χ3v) is 0.375. The molecule has 0 radical (unpaired) electrons. The second-order valence-corrected chi connectivity index (χ2v) is 1.03. The van der Waals surface area contributed by atoms with Gasteiger partial charge in [-0.05, 0) is 0 Å². The maximum atomic E-state index is 11.0. The molecule has 0 atom stereocenters. The van der Waals surface area contributed by atoms with Crippen molar-refractivity contribution in [3.05, 3.63) is 0 Å². The highest BCUT2D eigenvalue weighted by Crippen LogP contribution is 2.18. The van der Waals surface area contributed by atoms with Crippen LogP contribution in [-0.2, 0) is 14.4 Å². The lowest BCUT2D eigenvalue weighted by molar-refractivity contribution is -0.308. The Morgan fingerprint density at radius 2 is 1.40 bits per heavy atom. The Labute approximate surface area is 51.6 Å². The molecule has 0 bridgehead atoms. The minimum Gasteiger partial charge on any atom is -0.294 e. The molecule has 0 fully saturated rings. The smallest absolute Gasteiger partial charge is 0.294 e. The standard InChI is InChI=1S/CBF5O3/c3-1(4,5)8-2(9-6)10-7. The zero-order valence-electron chi connectivity index (χ0n) is 4.19. The molecule has 0 aromatic rings. The van der Waals surface area contributed by atoms with E-state index in [0.29, 0.717) is 0 Å². The Balaban J connectivity index is 3.63. The van der Waals surface area contributed by atoms with Gasteiger partial charge in [0.1, 0.15) is 0 Å². The molecule has 0 aliphatic rings. The van der Waals surface area contributed by atoms with Gasteiger partial charge in [-0.1, -0.05) is 9.05 Å². The number of hydrogen-bond donors (Lipinski definition) is 0. The van der Waals surface area contributed by atoms with Gasteiger partial charge in [-0.3, -0.25) is 4.65 Å². The predicted molar refractivity (Wildman–Crippen MR) is 17.3 cm³/mol. The number of alkyl halides is 3. The van der Waals surface area contributed by atoms with Crippen LogP contribution in [0.25, 0.3) is 0 Å². The van der Waals surface area contributed by atoms with Gasteiger partial charge in [0.05, 0.1) is 0 Å². The van der Waals surface area contributed by atoms with Crippen molar-refractivity contribution >= 4 is 7.32 Å². The Morgan fingerprint density at radius 1 is 1.00 bits per heavy atom. The Bertz CT molecular complexity index is 89.4. The second-order valence-electron chi connectivity index (χ2n) is 1.03. The summed E-state index contributed by atoms with van der Waals surface area (Å²) in [7, 11) is -3.01. The second kappa shape index (κ2) is 3.69. The SMILES string of the molecule is FOB(OF)OC(F)(F)F. The summed E-state index contributed by atoms with van der Waals surface area (Å²) in [4.78, 5) is 4.47. The fourth-order valence-corrected chi connectivity index (χ4v) is 0.159. The molecule has 0 aliphatic carbocycles. The van der Waals surface area contributed by atoms with Gasteiger partial charge in [0.15, 0.2) is 0 Å². The summed E-state index contributed by atoms with van der Waals surface area (Å²) in [5.41, 5.74) is 0. The summed E-state index contributed by atoms with van der Waals surface area (Å²) >= 11 is 0. The molecule has 0 rings (SSSR count). The average molecular weight is 166 g/mol. The largest absolute Gasteiger partial charge is 0.711 e. The van der Waals surface area contributed by atoms with E-state index in [1.54, 1.807) is 0 Å². The van der Waals surface area contributed by atoms with Crippen molar-refractivity contribution in [3.63, 3.8) is 0 Å². The number of halogens is 5. The van der Waals surface area contributed by atoms with Gasteiger partial charge in [0, 0.05) is 0 Å². The Hall–Kier alpha value is -0.405. The highest BCUT2D eigenvalue weighted by atomic mass is 19.4. The first-order valence-electron chi connectivity index (χ1n) is 1.79. The van der Waals surface area contributed by atoms with Gasteiger partial charge < -0.3 is 0 Å². The van der Waals surface area contributed by atoms with E-state index in [1.807, 2.05) is 0 Å². The third kappa shape index (κ3) is 4.47. The van der Waals surface area contributed by atoms with Crippen LogP contribution in [0.4, 0.5) is 22.2 Å². The monoisotopic (exact) mass is 166 g/mol. The molecule has 0 N–H and O–H groups in total. The zero-order valence-corrected chi connectivity index (χ0v) is 4.19. The lowest BCUT2D eigenvalue weighted by Gasteiger charge is -2.06. The molecular formula is CBF5O3. The minimum atomic E-state index is -5.21. The minimum absolute atomic E-state index is 2.24. The number of hydrogen-bond acceptors (Lipinski definition) is 3. The van der Waals surface area contributed by atoms with E-state index in [-0.39, 0.29) is 0 Å². The molecule has 60 valence electrons. The van der Waals surface area contributed by atoms with Gasteiger partial charge in [-0.2, -0.15) is 9.72 Å². The van der Waals surface area contributed by atoms with Crippen LogP contribution in [-0.4, -0.2) is 13.7 Å². The van der Waals surface area contributed by atoms with Crippen LogP contribution < -0.4 is 0 Å². The summed E-state index contributed by atoms with van der Waals surface area (Å²) in [5, 5.41) is 0. The Morgan fingerprint density at radius 3 is 1.50 bits per heavy atom. The fourth-order valence-electron chi connectivity index (χ4n) is 0.159. The normalized spacial score (nSPS) is 11.7. The maximum absolute atomic E-state index is 11.0. The van der Waals surface area contributed by atoms with Crippen LogP contribution in [0.3, 0.4) is 0 Å². The molecule has 0 saturated heterocycles. The predicted octanol–water partition coefficient (Wildman–Crippen LogP) is 1.31. The van der Waals surface area contributed by atoms with Crippen LogP contribution in [0, 0.1) is 0 Å². The third-order valence-electron chi connectivity index (χ3n) is 0.375. The highest BCUT2D eigenvalue weighted by Gasteiger charge is 2.41. The molecule has 0 aromatic carbocycles. The molecule has 0 saturated carbocycles. The highest BCUT2D eigenvalue weighted by molar-refractivity contribution is 6.35. The summed E-state index contributed by atoms with van der Waals surface area (Å²) in [6, 6.07) is 0. The average Bonchev–Trinajstić information content (AvgIpc) is 1.81. The number of rotatable bonds is 3. The molecule has 0 spiro atoms. The van der Waals surface area contributed by atoms with Gasteiger partial charge in [-0.25, -0.2) is 0 Å². The summed E-state index contributed by atoms with van der Waals surface area (Å²) < 4.78 is 56.8. The molecule has 0 aliphatic heterocycles. The summed E-state index contributed by atoms with van der Waals surface area (Å²) in [6.45, 7) is 0. The lowest BCUT2D eigenvalue weighted by Crippen LogP contribution is -2.29. The molecule has 0 aromatic heterocycles. The zero-order chi connectivity index (χ0) is 8.20. The first-order valence-corrected chi connectivity index (χ1v) is 1.79. The van der Waals surface area contributed by atoms with Gasteiger partial charge in [0.25, 0.3) is 0 Å². The van der Waals surface area contributed by atoms with Crippen molar-refractivity contribution < 1.29 is 36.6 Å². The first kappa shape index (κ1) is 9.59. The van der Waals surface area contributed by atoms with E-state index in [9.17, 15) is 22.2 Å². The Kier molecular flexibility index (Phi) is 3.54. The molecule has 10 heavy (non-hydrogen) atoms. The van der Waals surface area contributed by atoms with Crippen molar-refractivity contribution in [1.82, 2.24) is 0 Å². The van der Waals surface area contributed by atoms with Gasteiger partial charge in [0.2, 0.25) is 0 Å². The lowest BCUT2D eigenvalue weighted by atomic mass is 10.3. The first-order chi connectivity index (χ1) is 4.49. The van der Waals surface area contributed by atoms with Crippen molar-refractivity contribution in [2.24, 2.45) is 0 Å². The van der Waals surface area contributed by atoms with Crippen LogP contribution in [0.5, 0.6) is 0 Å². The van der Waals surface area contributed by atoms with Crippen molar-refractivity contribution in [1.29, 1.82) is 0 Å². The molecule has 9 heteroatoms. The van der Waals surface area contributed by atoms with Gasteiger partial charge >= 0.3 is 13.7 Å². The van der Waals surface area contributed by atoms with E-state index in [2.05, 4.69) is 14.4 Å². The molecular weight excluding hydrogens is 166 g/mol. The van der Waals surface area contributed by atoms with Crippen LogP contribution in [0.15, 0.2) is 0 Å². The summed E-state index contributed by atoms with van der Waals surface area (Å²) in [6.07, 6.45) is -5.21. The topological polar surface area (TPSA) is 27.7 Å². The fraction of sp³-hybridized carbons (Fsp3) is 1.00. The van der Waals surface area contributed by atoms with Crippen LogP contribution in [0.1, 0.15) is 0 Å². The molecule has 3 nitrogen and oxygen atoms in total. The van der Waals surface area contributed by atoms with Crippen LogP contribution in [0.2, 0.25) is 0 Å².